The molecule has 3 amide bonds. The van der Waals surface area contributed by atoms with Crippen LogP contribution in [-0.4, -0.2) is 23.5 Å². The predicted molar refractivity (Wildman–Crippen MR) is 94.5 cm³/mol. The maximum absolute atomic E-state index is 12.0. The molecule has 0 atom stereocenters. The Morgan fingerprint density at radius 2 is 1.20 bits per heavy atom. The van der Waals surface area contributed by atoms with E-state index in [0.717, 1.165) is 0 Å². The standard InChI is InChI=1S/C18H17N3O4/c1-11(22)13-6-8-14(9-7-13)20-17(24)18(25)21-16-5-3-4-15(10-16)19-12(2)23/h3-10H,1-2H3,(H,19,23)(H,20,24)(H,21,25). The molecule has 2 aromatic carbocycles. The van der Waals surface area contributed by atoms with Crippen molar-refractivity contribution in [1.82, 2.24) is 0 Å². The highest BCUT2D eigenvalue weighted by Crippen LogP contribution is 2.15. The Kier molecular flexibility index (Phi) is 5.62. The van der Waals surface area contributed by atoms with E-state index >= 15 is 0 Å². The fourth-order valence-electron chi connectivity index (χ4n) is 2.04. The number of nitrogens with one attached hydrogen (secondary N) is 3. The highest BCUT2D eigenvalue weighted by molar-refractivity contribution is 6.43. The van der Waals surface area contributed by atoms with E-state index in [-0.39, 0.29) is 11.7 Å². The van der Waals surface area contributed by atoms with Crippen molar-refractivity contribution in [3.8, 4) is 0 Å². The van der Waals surface area contributed by atoms with Crippen molar-refractivity contribution in [3.05, 3.63) is 54.1 Å². The first-order valence-electron chi connectivity index (χ1n) is 7.46. The van der Waals surface area contributed by atoms with Gasteiger partial charge in [-0.2, -0.15) is 0 Å². The van der Waals surface area contributed by atoms with Crippen LogP contribution in [0, 0.1) is 0 Å². The van der Waals surface area contributed by atoms with Gasteiger partial charge in [0.15, 0.2) is 5.78 Å². The molecule has 0 aliphatic rings. The third kappa shape index (κ3) is 5.28. The molecule has 0 aromatic heterocycles. The van der Waals surface area contributed by atoms with Crippen molar-refractivity contribution in [3.63, 3.8) is 0 Å². The van der Waals surface area contributed by atoms with Gasteiger partial charge in [-0.3, -0.25) is 19.2 Å². The molecule has 2 aromatic rings. The second-order valence-electron chi connectivity index (χ2n) is 5.30. The summed E-state index contributed by atoms with van der Waals surface area (Å²) in [5.41, 5.74) is 1.79. The van der Waals surface area contributed by atoms with E-state index in [1.54, 1.807) is 42.5 Å². The molecule has 0 spiro atoms. The van der Waals surface area contributed by atoms with Crippen LogP contribution in [0.2, 0.25) is 0 Å². The zero-order valence-electron chi connectivity index (χ0n) is 13.8. The molecule has 7 nitrogen and oxygen atoms in total. The minimum atomic E-state index is -0.851. The molecule has 128 valence electrons. The average molecular weight is 339 g/mol. The third-order valence-electron chi connectivity index (χ3n) is 3.20. The molecule has 0 unspecified atom stereocenters. The van der Waals surface area contributed by atoms with Gasteiger partial charge in [-0.05, 0) is 49.4 Å². The summed E-state index contributed by atoms with van der Waals surface area (Å²) in [4.78, 5) is 46.1. The fourth-order valence-corrected chi connectivity index (χ4v) is 2.04. The first-order chi connectivity index (χ1) is 11.8. The van der Waals surface area contributed by atoms with Crippen LogP contribution in [0.5, 0.6) is 0 Å². The van der Waals surface area contributed by atoms with Crippen molar-refractivity contribution in [2.24, 2.45) is 0 Å². The summed E-state index contributed by atoms with van der Waals surface area (Å²) in [7, 11) is 0. The van der Waals surface area contributed by atoms with Crippen LogP contribution >= 0.6 is 0 Å². The predicted octanol–water partition coefficient (Wildman–Crippen LogP) is 2.42. The number of amides is 3. The molecule has 0 aliphatic carbocycles. The Hall–Kier alpha value is -3.48. The number of ketones is 1. The number of anilines is 3. The van der Waals surface area contributed by atoms with Gasteiger partial charge in [0.25, 0.3) is 0 Å². The van der Waals surface area contributed by atoms with Gasteiger partial charge in [0.05, 0.1) is 0 Å². The lowest BCUT2D eigenvalue weighted by molar-refractivity contribution is -0.132. The van der Waals surface area contributed by atoms with Crippen molar-refractivity contribution >= 4 is 40.6 Å². The molecule has 0 radical (unpaired) electrons. The Balaban J connectivity index is 1.99. The molecule has 0 aliphatic heterocycles. The summed E-state index contributed by atoms with van der Waals surface area (Å²) in [5.74, 6) is -2.03. The van der Waals surface area contributed by atoms with Crippen LogP contribution in [0.4, 0.5) is 17.1 Å². The van der Waals surface area contributed by atoms with Crippen molar-refractivity contribution in [1.29, 1.82) is 0 Å². The van der Waals surface area contributed by atoms with Gasteiger partial charge in [-0.25, -0.2) is 0 Å². The Morgan fingerprint density at radius 3 is 1.72 bits per heavy atom. The van der Waals surface area contributed by atoms with E-state index in [4.69, 9.17) is 0 Å². The van der Waals surface area contributed by atoms with E-state index in [0.29, 0.717) is 22.6 Å². The Bertz CT molecular complexity index is 828. The number of carbonyl (C=O) groups is 4. The molecule has 25 heavy (non-hydrogen) atoms. The molecule has 0 bridgehead atoms. The average Bonchev–Trinajstić information content (AvgIpc) is 2.55. The van der Waals surface area contributed by atoms with Crippen molar-refractivity contribution < 1.29 is 19.2 Å². The zero-order chi connectivity index (χ0) is 18.4. The molecule has 2 rings (SSSR count). The lowest BCUT2D eigenvalue weighted by Gasteiger charge is -2.08. The molecule has 7 heteroatoms. The van der Waals surface area contributed by atoms with E-state index in [1.807, 2.05) is 0 Å². The highest BCUT2D eigenvalue weighted by Gasteiger charge is 2.14. The van der Waals surface area contributed by atoms with Crippen LogP contribution in [-0.2, 0) is 14.4 Å². The van der Waals surface area contributed by atoms with Crippen LogP contribution in [0.25, 0.3) is 0 Å². The van der Waals surface area contributed by atoms with Crippen LogP contribution < -0.4 is 16.0 Å². The number of hydrogen-bond donors (Lipinski definition) is 3. The Morgan fingerprint density at radius 1 is 0.680 bits per heavy atom. The normalized spacial score (nSPS) is 9.84. The second kappa shape index (κ2) is 7.87. The van der Waals surface area contributed by atoms with Gasteiger partial charge in [-0.15, -0.1) is 0 Å². The number of carbonyl (C=O) groups excluding carboxylic acids is 4. The lowest BCUT2D eigenvalue weighted by Crippen LogP contribution is -2.29. The lowest BCUT2D eigenvalue weighted by atomic mass is 10.1. The van der Waals surface area contributed by atoms with E-state index < -0.39 is 11.8 Å². The smallest absolute Gasteiger partial charge is 0.314 e. The molecule has 3 N–H and O–H groups in total. The number of benzene rings is 2. The number of rotatable bonds is 4. The van der Waals surface area contributed by atoms with Gasteiger partial charge in [-0.1, -0.05) is 6.07 Å². The van der Waals surface area contributed by atoms with Crippen molar-refractivity contribution in [2.75, 3.05) is 16.0 Å². The summed E-state index contributed by atoms with van der Waals surface area (Å²) < 4.78 is 0. The molecule has 0 saturated carbocycles. The highest BCUT2D eigenvalue weighted by atomic mass is 16.2. The summed E-state index contributed by atoms with van der Waals surface area (Å²) in [6, 6.07) is 12.6. The maximum Gasteiger partial charge on any atom is 0.314 e. The van der Waals surface area contributed by atoms with E-state index in [2.05, 4.69) is 16.0 Å². The summed E-state index contributed by atoms with van der Waals surface area (Å²) in [6.45, 7) is 2.81. The Labute approximate surface area is 144 Å². The maximum atomic E-state index is 12.0. The molecule has 0 saturated heterocycles. The monoisotopic (exact) mass is 339 g/mol. The van der Waals surface area contributed by atoms with Crippen LogP contribution in [0.1, 0.15) is 24.2 Å². The van der Waals surface area contributed by atoms with E-state index in [9.17, 15) is 19.2 Å². The molecule has 0 heterocycles. The van der Waals surface area contributed by atoms with Gasteiger partial charge in [0, 0.05) is 29.5 Å². The first-order valence-corrected chi connectivity index (χ1v) is 7.46. The summed E-state index contributed by atoms with van der Waals surface area (Å²) in [6.07, 6.45) is 0. The number of Topliss-reactive ketones (excluding diaryl/α,β-unsaturated/α-hetero) is 1. The third-order valence-corrected chi connectivity index (χ3v) is 3.20. The molecular weight excluding hydrogens is 322 g/mol. The first kappa shape index (κ1) is 17.9. The topological polar surface area (TPSA) is 104 Å². The van der Waals surface area contributed by atoms with Gasteiger partial charge in [0.2, 0.25) is 5.91 Å². The van der Waals surface area contributed by atoms with Gasteiger partial charge < -0.3 is 16.0 Å². The van der Waals surface area contributed by atoms with E-state index in [1.165, 1.54) is 19.9 Å². The largest absolute Gasteiger partial charge is 0.326 e. The minimum Gasteiger partial charge on any atom is -0.326 e. The SMILES string of the molecule is CC(=O)Nc1cccc(NC(=O)C(=O)Nc2ccc(C(C)=O)cc2)c1. The molecular formula is C18H17N3O4. The van der Waals surface area contributed by atoms with Crippen LogP contribution in [0.3, 0.4) is 0 Å². The zero-order valence-corrected chi connectivity index (χ0v) is 13.8. The van der Waals surface area contributed by atoms with Crippen molar-refractivity contribution in [2.45, 2.75) is 13.8 Å². The number of hydrogen-bond acceptors (Lipinski definition) is 4. The van der Waals surface area contributed by atoms with Gasteiger partial charge in [0.1, 0.15) is 0 Å². The van der Waals surface area contributed by atoms with Gasteiger partial charge >= 0.3 is 11.8 Å². The summed E-state index contributed by atoms with van der Waals surface area (Å²) in [5, 5.41) is 7.48. The summed E-state index contributed by atoms with van der Waals surface area (Å²) >= 11 is 0. The quantitative estimate of drug-likeness (QED) is 0.588. The fraction of sp³-hybridized carbons (Fsp3) is 0.111. The minimum absolute atomic E-state index is 0.0883. The second-order valence-corrected chi connectivity index (χ2v) is 5.30. The van der Waals surface area contributed by atoms with Crippen LogP contribution in [0.15, 0.2) is 48.5 Å². The molecule has 0 fully saturated rings.